The van der Waals surface area contributed by atoms with E-state index < -0.39 is 0 Å². The molecule has 1 amide bonds. The van der Waals surface area contributed by atoms with Gasteiger partial charge in [-0.1, -0.05) is 11.6 Å². The Hall–Kier alpha value is -1.20. The Balaban J connectivity index is 2.53. The maximum atomic E-state index is 11.8. The molecule has 0 fully saturated rings. The van der Waals surface area contributed by atoms with Crippen LogP contribution in [0.3, 0.4) is 0 Å². The van der Waals surface area contributed by atoms with Crippen molar-refractivity contribution in [1.82, 2.24) is 14.9 Å². The summed E-state index contributed by atoms with van der Waals surface area (Å²) >= 11 is 5.58. The van der Waals surface area contributed by atoms with Crippen LogP contribution in [0.1, 0.15) is 17.4 Å². The van der Waals surface area contributed by atoms with Gasteiger partial charge in [0.25, 0.3) is 5.91 Å². The Morgan fingerprint density at radius 3 is 2.81 bits per heavy atom. The van der Waals surface area contributed by atoms with Gasteiger partial charge in [0.15, 0.2) is 0 Å². The van der Waals surface area contributed by atoms with Crippen LogP contribution in [0.25, 0.3) is 0 Å². The van der Waals surface area contributed by atoms with E-state index in [2.05, 4.69) is 9.97 Å². The molecule has 0 saturated heterocycles. The van der Waals surface area contributed by atoms with E-state index in [0.29, 0.717) is 19.8 Å². The van der Waals surface area contributed by atoms with Crippen molar-refractivity contribution in [3.63, 3.8) is 0 Å². The lowest BCUT2D eigenvalue weighted by Gasteiger charge is -2.15. The lowest BCUT2D eigenvalue weighted by Crippen LogP contribution is -2.30. The topological polar surface area (TPSA) is 55.3 Å². The average molecular weight is 244 g/mol. The second kappa shape index (κ2) is 6.40. The zero-order chi connectivity index (χ0) is 12.0. The number of halogens is 1. The molecule has 0 atom stereocenters. The van der Waals surface area contributed by atoms with Crippen molar-refractivity contribution in [2.24, 2.45) is 0 Å². The third-order valence-electron chi connectivity index (χ3n) is 1.96. The minimum atomic E-state index is -0.191. The third-order valence-corrected chi connectivity index (χ3v) is 2.16. The van der Waals surface area contributed by atoms with Gasteiger partial charge < -0.3 is 9.64 Å². The summed E-state index contributed by atoms with van der Waals surface area (Å²) in [4.78, 5) is 21.0. The number of amides is 1. The van der Waals surface area contributed by atoms with E-state index >= 15 is 0 Å². The summed E-state index contributed by atoms with van der Waals surface area (Å²) in [5.74, 6) is -0.191. The smallest absolute Gasteiger partial charge is 0.273 e. The minimum absolute atomic E-state index is 0.191. The fraction of sp³-hybridized carbons (Fsp3) is 0.500. The molecule has 0 aliphatic heterocycles. The van der Waals surface area contributed by atoms with E-state index in [1.807, 2.05) is 6.92 Å². The van der Waals surface area contributed by atoms with E-state index in [4.69, 9.17) is 16.3 Å². The first-order chi connectivity index (χ1) is 7.65. The van der Waals surface area contributed by atoms with Crippen LogP contribution in [0.5, 0.6) is 0 Å². The van der Waals surface area contributed by atoms with E-state index in [-0.39, 0.29) is 16.8 Å². The minimum Gasteiger partial charge on any atom is -0.380 e. The highest BCUT2D eigenvalue weighted by atomic mass is 35.5. The Bertz CT molecular complexity index is 342. The van der Waals surface area contributed by atoms with Gasteiger partial charge in [-0.15, -0.1) is 0 Å². The van der Waals surface area contributed by atoms with Gasteiger partial charge in [0.05, 0.1) is 19.0 Å². The number of ether oxygens (including phenoxy) is 1. The maximum Gasteiger partial charge on any atom is 0.273 e. The largest absolute Gasteiger partial charge is 0.380 e. The van der Waals surface area contributed by atoms with Gasteiger partial charge in [0.2, 0.25) is 0 Å². The molecule has 0 aliphatic rings. The Labute approximate surface area is 99.4 Å². The quantitative estimate of drug-likeness (QED) is 0.730. The maximum absolute atomic E-state index is 11.8. The zero-order valence-electron chi connectivity index (χ0n) is 9.31. The molecule has 1 aromatic heterocycles. The number of rotatable bonds is 5. The van der Waals surface area contributed by atoms with E-state index in [9.17, 15) is 4.79 Å². The van der Waals surface area contributed by atoms with Crippen molar-refractivity contribution in [1.29, 1.82) is 0 Å². The molecule has 6 heteroatoms. The van der Waals surface area contributed by atoms with Crippen LogP contribution in [0, 0.1) is 0 Å². The number of likely N-dealkylation sites (N-methyl/N-ethyl adjacent to an activating group) is 1. The normalized spacial score (nSPS) is 10.2. The molecule has 1 aromatic rings. The molecular weight excluding hydrogens is 230 g/mol. The van der Waals surface area contributed by atoms with Gasteiger partial charge in [-0.05, 0) is 6.92 Å². The van der Waals surface area contributed by atoms with Crippen LogP contribution in [0.15, 0.2) is 12.4 Å². The summed E-state index contributed by atoms with van der Waals surface area (Å²) < 4.78 is 5.16. The summed E-state index contributed by atoms with van der Waals surface area (Å²) in [5, 5.41) is 0.272. The standard InChI is InChI=1S/C10H14ClN3O2/c1-3-16-5-4-14(2)10(15)8-6-13-9(11)7-12-8/h6-7H,3-5H2,1-2H3. The van der Waals surface area contributed by atoms with Crippen LogP contribution < -0.4 is 0 Å². The van der Waals surface area contributed by atoms with E-state index in [1.165, 1.54) is 17.3 Å². The van der Waals surface area contributed by atoms with Crippen molar-refractivity contribution < 1.29 is 9.53 Å². The van der Waals surface area contributed by atoms with Gasteiger partial charge in [0, 0.05) is 20.2 Å². The lowest BCUT2D eigenvalue weighted by atomic mass is 10.4. The number of hydrogen-bond donors (Lipinski definition) is 0. The number of nitrogens with zero attached hydrogens (tertiary/aromatic N) is 3. The zero-order valence-corrected chi connectivity index (χ0v) is 10.1. The van der Waals surface area contributed by atoms with E-state index in [0.717, 1.165) is 0 Å². The predicted octanol–water partition coefficient (Wildman–Crippen LogP) is 1.24. The molecule has 0 aromatic carbocycles. The fourth-order valence-electron chi connectivity index (χ4n) is 1.07. The van der Waals surface area contributed by atoms with Crippen molar-refractivity contribution in [2.45, 2.75) is 6.92 Å². The Morgan fingerprint density at radius 2 is 2.25 bits per heavy atom. The van der Waals surface area contributed by atoms with Gasteiger partial charge in [-0.3, -0.25) is 4.79 Å². The van der Waals surface area contributed by atoms with Crippen LogP contribution in [-0.4, -0.2) is 47.6 Å². The van der Waals surface area contributed by atoms with Crippen LogP contribution in [-0.2, 0) is 4.74 Å². The van der Waals surface area contributed by atoms with Gasteiger partial charge >= 0.3 is 0 Å². The first kappa shape index (κ1) is 12.9. The molecule has 0 bridgehead atoms. The summed E-state index contributed by atoms with van der Waals surface area (Å²) in [7, 11) is 1.69. The van der Waals surface area contributed by atoms with Crippen LogP contribution in [0.2, 0.25) is 5.15 Å². The highest BCUT2D eigenvalue weighted by Crippen LogP contribution is 2.03. The molecule has 1 rings (SSSR count). The molecule has 1 heterocycles. The first-order valence-electron chi connectivity index (χ1n) is 4.96. The number of hydrogen-bond acceptors (Lipinski definition) is 4. The molecular formula is C10H14ClN3O2. The second-order valence-corrected chi connectivity index (χ2v) is 3.54. The lowest BCUT2D eigenvalue weighted by molar-refractivity contribution is 0.0704. The molecule has 0 unspecified atom stereocenters. The molecule has 0 N–H and O–H groups in total. The Morgan fingerprint density at radius 1 is 1.50 bits per heavy atom. The van der Waals surface area contributed by atoms with Crippen LogP contribution in [0.4, 0.5) is 0 Å². The first-order valence-corrected chi connectivity index (χ1v) is 5.33. The highest BCUT2D eigenvalue weighted by molar-refractivity contribution is 6.29. The third kappa shape index (κ3) is 3.75. The van der Waals surface area contributed by atoms with Crippen molar-refractivity contribution in [3.05, 3.63) is 23.2 Å². The molecule has 5 nitrogen and oxygen atoms in total. The van der Waals surface area contributed by atoms with Crippen LogP contribution >= 0.6 is 11.6 Å². The average Bonchev–Trinajstić information content (AvgIpc) is 2.29. The van der Waals surface area contributed by atoms with Crippen molar-refractivity contribution in [2.75, 3.05) is 26.8 Å². The number of carbonyl (C=O) groups excluding carboxylic acids is 1. The Kier molecular flexibility index (Phi) is 5.14. The van der Waals surface area contributed by atoms with Gasteiger partial charge in [-0.2, -0.15) is 0 Å². The summed E-state index contributed by atoms with van der Waals surface area (Å²) in [6, 6.07) is 0. The molecule has 0 radical (unpaired) electrons. The van der Waals surface area contributed by atoms with Crippen molar-refractivity contribution >= 4 is 17.5 Å². The number of carbonyl (C=O) groups is 1. The molecule has 88 valence electrons. The predicted molar refractivity (Wildman–Crippen MR) is 60.5 cm³/mol. The highest BCUT2D eigenvalue weighted by Gasteiger charge is 2.12. The molecule has 0 saturated carbocycles. The number of aromatic nitrogens is 2. The molecule has 0 spiro atoms. The second-order valence-electron chi connectivity index (χ2n) is 3.15. The SMILES string of the molecule is CCOCCN(C)C(=O)c1cnc(Cl)cn1. The molecule has 16 heavy (non-hydrogen) atoms. The summed E-state index contributed by atoms with van der Waals surface area (Å²) in [6.07, 6.45) is 2.72. The monoisotopic (exact) mass is 243 g/mol. The van der Waals surface area contributed by atoms with Gasteiger partial charge in [-0.25, -0.2) is 9.97 Å². The fourth-order valence-corrected chi connectivity index (χ4v) is 1.16. The summed E-state index contributed by atoms with van der Waals surface area (Å²) in [6.45, 7) is 3.59. The summed E-state index contributed by atoms with van der Waals surface area (Å²) in [5.41, 5.74) is 0.281. The van der Waals surface area contributed by atoms with E-state index in [1.54, 1.807) is 7.05 Å². The van der Waals surface area contributed by atoms with Gasteiger partial charge in [0.1, 0.15) is 10.8 Å². The molecule has 0 aliphatic carbocycles. The van der Waals surface area contributed by atoms with Crippen molar-refractivity contribution in [3.8, 4) is 0 Å².